The van der Waals surface area contributed by atoms with Crippen molar-refractivity contribution in [3.63, 3.8) is 0 Å². The van der Waals surface area contributed by atoms with Crippen LogP contribution in [-0.4, -0.2) is 4.68 Å². The molecule has 0 amide bonds. The van der Waals surface area contributed by atoms with E-state index in [-0.39, 0.29) is 0 Å². The molecule has 0 unspecified atom stereocenters. The van der Waals surface area contributed by atoms with Gasteiger partial charge in [-0.1, -0.05) is 0 Å². The second-order valence-corrected chi connectivity index (χ2v) is 2.49. The van der Waals surface area contributed by atoms with Crippen LogP contribution in [0, 0.1) is 13.8 Å². The molecule has 2 nitrogen and oxygen atoms in total. The Bertz CT molecular complexity index is 201. The summed E-state index contributed by atoms with van der Waals surface area (Å²) in [6, 6.07) is 0. The fourth-order valence-corrected chi connectivity index (χ4v) is 0.952. The van der Waals surface area contributed by atoms with Crippen molar-refractivity contribution in [3.05, 3.63) is 17.5 Å². The lowest BCUT2D eigenvalue weighted by Crippen LogP contribution is -2.39. The highest BCUT2D eigenvalue weighted by Gasteiger charge is 2.08. The molecule has 0 aliphatic heterocycles. The third-order valence-electron chi connectivity index (χ3n) is 1.91. The zero-order valence-corrected chi connectivity index (χ0v) is 6.47. The van der Waals surface area contributed by atoms with Crippen LogP contribution in [0.2, 0.25) is 0 Å². The maximum atomic E-state index is 2.12. The Balaban J connectivity index is 3.29. The van der Waals surface area contributed by atoms with Gasteiger partial charge in [0.15, 0.2) is 7.05 Å². The van der Waals surface area contributed by atoms with Crippen LogP contribution in [0.15, 0.2) is 6.20 Å². The van der Waals surface area contributed by atoms with Crippen molar-refractivity contribution in [2.24, 2.45) is 14.1 Å². The smallest absolute Gasteiger partial charge is 0.164 e. The van der Waals surface area contributed by atoms with Gasteiger partial charge in [-0.2, -0.15) is 4.68 Å². The fourth-order valence-electron chi connectivity index (χ4n) is 0.952. The molecule has 0 fully saturated rings. The van der Waals surface area contributed by atoms with Crippen LogP contribution >= 0.6 is 0 Å². The summed E-state index contributed by atoms with van der Waals surface area (Å²) in [6.45, 7) is 4.24. The SMILES string of the molecule is Cc1cn(C)[n+](C)c1C. The Hall–Kier alpha value is -0.790. The number of aryl methyl sites for hydroxylation is 2. The van der Waals surface area contributed by atoms with Crippen LogP contribution in [-0.2, 0) is 14.1 Å². The zero-order chi connectivity index (χ0) is 7.02. The van der Waals surface area contributed by atoms with E-state index >= 15 is 0 Å². The first-order valence-corrected chi connectivity index (χ1v) is 3.11. The van der Waals surface area contributed by atoms with E-state index < -0.39 is 0 Å². The van der Waals surface area contributed by atoms with E-state index in [0.717, 1.165) is 0 Å². The zero-order valence-electron chi connectivity index (χ0n) is 6.47. The molecule has 0 aromatic carbocycles. The van der Waals surface area contributed by atoms with E-state index in [4.69, 9.17) is 0 Å². The average Bonchev–Trinajstić information content (AvgIpc) is 1.98. The highest BCUT2D eigenvalue weighted by molar-refractivity contribution is 5.07. The maximum absolute atomic E-state index is 2.12. The van der Waals surface area contributed by atoms with Crippen molar-refractivity contribution in [2.45, 2.75) is 13.8 Å². The van der Waals surface area contributed by atoms with Crippen LogP contribution in [0.25, 0.3) is 0 Å². The fraction of sp³-hybridized carbons (Fsp3) is 0.571. The van der Waals surface area contributed by atoms with E-state index in [1.807, 2.05) is 7.05 Å². The van der Waals surface area contributed by atoms with Gasteiger partial charge in [-0.25, -0.2) is 0 Å². The lowest BCUT2D eigenvalue weighted by molar-refractivity contribution is -0.756. The Morgan fingerprint density at radius 1 is 1.44 bits per heavy atom. The molecule has 1 heterocycles. The monoisotopic (exact) mass is 125 g/mol. The van der Waals surface area contributed by atoms with E-state index in [0.29, 0.717) is 0 Å². The van der Waals surface area contributed by atoms with E-state index in [2.05, 4.69) is 36.5 Å². The number of nitrogens with zero attached hydrogens (tertiary/aromatic N) is 2. The largest absolute Gasteiger partial charge is 0.207 e. The van der Waals surface area contributed by atoms with E-state index in [1.165, 1.54) is 11.3 Å². The molecule has 0 saturated heterocycles. The Labute approximate surface area is 55.7 Å². The summed E-state index contributed by atoms with van der Waals surface area (Å²) in [5.41, 5.74) is 2.68. The first-order chi connectivity index (χ1) is 4.13. The van der Waals surface area contributed by atoms with Crippen LogP contribution in [0.5, 0.6) is 0 Å². The average molecular weight is 125 g/mol. The van der Waals surface area contributed by atoms with Gasteiger partial charge in [0.05, 0.1) is 13.2 Å². The summed E-state index contributed by atoms with van der Waals surface area (Å²) in [5, 5.41) is 0. The van der Waals surface area contributed by atoms with Crippen molar-refractivity contribution in [3.8, 4) is 0 Å². The van der Waals surface area contributed by atoms with Crippen LogP contribution in [0.4, 0.5) is 0 Å². The highest BCUT2D eigenvalue weighted by atomic mass is 15.4. The van der Waals surface area contributed by atoms with Crippen molar-refractivity contribution >= 4 is 0 Å². The van der Waals surface area contributed by atoms with Crippen molar-refractivity contribution in [1.82, 2.24) is 4.68 Å². The van der Waals surface area contributed by atoms with Crippen LogP contribution in [0.1, 0.15) is 11.3 Å². The minimum absolute atomic E-state index is 1.33. The van der Waals surface area contributed by atoms with Crippen molar-refractivity contribution < 1.29 is 4.68 Å². The minimum Gasteiger partial charge on any atom is -0.164 e. The van der Waals surface area contributed by atoms with Gasteiger partial charge in [0, 0.05) is 12.5 Å². The molecule has 0 bridgehead atoms. The van der Waals surface area contributed by atoms with Gasteiger partial charge in [-0.3, -0.25) is 0 Å². The third kappa shape index (κ3) is 0.846. The van der Waals surface area contributed by atoms with Crippen LogP contribution in [0.3, 0.4) is 0 Å². The molecule has 9 heavy (non-hydrogen) atoms. The van der Waals surface area contributed by atoms with Gasteiger partial charge in [0.2, 0.25) is 5.69 Å². The van der Waals surface area contributed by atoms with Gasteiger partial charge in [-0.15, -0.1) is 4.68 Å². The summed E-state index contributed by atoms with van der Waals surface area (Å²) in [7, 11) is 4.10. The van der Waals surface area contributed by atoms with Gasteiger partial charge in [0.1, 0.15) is 0 Å². The van der Waals surface area contributed by atoms with E-state index in [1.54, 1.807) is 0 Å². The van der Waals surface area contributed by atoms with Gasteiger partial charge >= 0.3 is 0 Å². The van der Waals surface area contributed by atoms with Gasteiger partial charge in [0.25, 0.3) is 0 Å². The third-order valence-corrected chi connectivity index (χ3v) is 1.91. The molecule has 0 N–H and O–H groups in total. The first kappa shape index (κ1) is 6.33. The summed E-state index contributed by atoms with van der Waals surface area (Å²) < 4.78 is 4.19. The van der Waals surface area contributed by atoms with Gasteiger partial charge in [-0.05, 0) is 6.92 Å². The minimum atomic E-state index is 1.33. The molecule has 0 spiro atoms. The number of rotatable bonds is 0. The number of aromatic nitrogens is 2. The first-order valence-electron chi connectivity index (χ1n) is 3.11. The lowest BCUT2D eigenvalue weighted by Gasteiger charge is -1.86. The van der Waals surface area contributed by atoms with Crippen molar-refractivity contribution in [1.29, 1.82) is 0 Å². The molecule has 2 heteroatoms. The second-order valence-electron chi connectivity index (χ2n) is 2.49. The predicted octanol–water partition coefficient (Wildman–Crippen LogP) is 0.466. The standard InChI is InChI=1S/C7H13N2/c1-6-5-8(3)9(4)7(6)2/h5H,1-4H3/q+1. The molecule has 0 aliphatic carbocycles. The summed E-state index contributed by atoms with van der Waals surface area (Å²) in [4.78, 5) is 0. The summed E-state index contributed by atoms with van der Waals surface area (Å²) in [6.07, 6.45) is 2.12. The molecule has 0 atom stereocenters. The molecule has 1 aromatic rings. The molecular formula is C7H13N2+. The molecule has 1 aromatic heterocycles. The van der Waals surface area contributed by atoms with E-state index in [9.17, 15) is 0 Å². The highest BCUT2D eigenvalue weighted by Crippen LogP contribution is 1.97. The molecule has 50 valence electrons. The molecule has 0 aliphatic rings. The molecular weight excluding hydrogens is 112 g/mol. The summed E-state index contributed by atoms with van der Waals surface area (Å²) >= 11 is 0. The predicted molar refractivity (Wildman–Crippen MR) is 36.1 cm³/mol. The Kier molecular flexibility index (Phi) is 1.31. The number of hydrogen-bond acceptors (Lipinski definition) is 0. The normalized spacial score (nSPS) is 10.2. The summed E-state index contributed by atoms with van der Waals surface area (Å²) in [5.74, 6) is 0. The Morgan fingerprint density at radius 2 is 2.00 bits per heavy atom. The molecule has 0 radical (unpaired) electrons. The maximum Gasteiger partial charge on any atom is 0.207 e. The van der Waals surface area contributed by atoms with Crippen LogP contribution < -0.4 is 4.68 Å². The van der Waals surface area contributed by atoms with Gasteiger partial charge < -0.3 is 0 Å². The quantitative estimate of drug-likeness (QED) is 0.446. The molecule has 0 saturated carbocycles. The van der Waals surface area contributed by atoms with Crippen molar-refractivity contribution in [2.75, 3.05) is 0 Å². The number of hydrogen-bond donors (Lipinski definition) is 0. The molecule has 1 rings (SSSR count). The lowest BCUT2D eigenvalue weighted by atomic mass is 10.3. The topological polar surface area (TPSA) is 8.81 Å². The second kappa shape index (κ2) is 1.87. The Morgan fingerprint density at radius 3 is 2.11 bits per heavy atom.